The molecule has 3 aromatic rings. The lowest BCUT2D eigenvalue weighted by Gasteiger charge is -2.12. The van der Waals surface area contributed by atoms with Crippen molar-refractivity contribution in [1.29, 1.82) is 0 Å². The van der Waals surface area contributed by atoms with Crippen molar-refractivity contribution >= 4 is 41.5 Å². The van der Waals surface area contributed by atoms with Gasteiger partial charge in [-0.2, -0.15) is 0 Å². The lowest BCUT2D eigenvalue weighted by molar-refractivity contribution is 0.112. The monoisotopic (exact) mass is 418 g/mol. The predicted octanol–water partition coefficient (Wildman–Crippen LogP) is 6.31. The molecule has 0 saturated carbocycles. The van der Waals surface area contributed by atoms with E-state index in [2.05, 4.69) is 10.0 Å². The Morgan fingerprint density at radius 1 is 1.04 bits per heavy atom. The summed E-state index contributed by atoms with van der Waals surface area (Å²) < 4.78 is 21.7. The van der Waals surface area contributed by atoms with Crippen molar-refractivity contribution in [1.82, 2.24) is 0 Å². The number of rotatable bonds is 6. The fraction of sp³-hybridized carbons (Fsp3) is 0.0952. The third-order valence-corrected chi connectivity index (χ3v) is 4.40. The topological polar surface area (TPSA) is 50.4 Å². The van der Waals surface area contributed by atoms with Gasteiger partial charge in [-0.25, -0.2) is 4.39 Å². The Morgan fingerprint density at radius 2 is 1.82 bits per heavy atom. The van der Waals surface area contributed by atoms with E-state index in [0.717, 1.165) is 35.5 Å². The van der Waals surface area contributed by atoms with Gasteiger partial charge in [-0.3, -0.25) is 4.79 Å². The minimum absolute atomic E-state index is 0.225. The van der Waals surface area contributed by atoms with Gasteiger partial charge in [0.05, 0.1) is 18.5 Å². The minimum Gasteiger partial charge on any atom is -0.386 e. The van der Waals surface area contributed by atoms with E-state index in [1.54, 1.807) is 43.5 Å². The molecule has 0 saturated heterocycles. The SMILES string of the molecule is CNc1cc(-c2ccccc2F)ccc1NSOC.O=Cc1cccc(Cl)c1. The molecule has 0 aliphatic carbocycles. The van der Waals surface area contributed by atoms with Gasteiger partial charge in [0.25, 0.3) is 0 Å². The summed E-state index contributed by atoms with van der Waals surface area (Å²) in [4.78, 5) is 10.1. The first-order chi connectivity index (χ1) is 13.6. The van der Waals surface area contributed by atoms with E-state index in [1.165, 1.54) is 6.07 Å². The van der Waals surface area contributed by atoms with Crippen molar-refractivity contribution < 1.29 is 13.4 Å². The number of carbonyl (C=O) groups excluding carboxylic acids is 1. The van der Waals surface area contributed by atoms with Crippen LogP contribution in [0.1, 0.15) is 10.4 Å². The van der Waals surface area contributed by atoms with Crippen LogP contribution in [-0.4, -0.2) is 20.4 Å². The fourth-order valence-electron chi connectivity index (χ4n) is 2.37. The Hall–Kier alpha value is -2.54. The van der Waals surface area contributed by atoms with Gasteiger partial charge in [-0.05, 0) is 35.9 Å². The van der Waals surface area contributed by atoms with Crippen LogP contribution in [0.25, 0.3) is 11.1 Å². The first-order valence-corrected chi connectivity index (χ1v) is 9.44. The zero-order valence-electron chi connectivity index (χ0n) is 15.4. The molecule has 7 heteroatoms. The average Bonchev–Trinajstić information content (AvgIpc) is 2.73. The highest BCUT2D eigenvalue weighted by Crippen LogP contribution is 2.31. The number of carbonyl (C=O) groups is 1. The summed E-state index contributed by atoms with van der Waals surface area (Å²) in [5.74, 6) is -0.225. The van der Waals surface area contributed by atoms with Gasteiger partial charge in [0.1, 0.15) is 24.3 Å². The van der Waals surface area contributed by atoms with Gasteiger partial charge in [0.15, 0.2) is 0 Å². The summed E-state index contributed by atoms with van der Waals surface area (Å²) in [5.41, 5.74) is 3.79. The normalized spacial score (nSPS) is 9.86. The molecule has 0 bridgehead atoms. The number of aldehydes is 1. The minimum atomic E-state index is -0.225. The third kappa shape index (κ3) is 6.27. The quantitative estimate of drug-likeness (QED) is 0.279. The second kappa shape index (κ2) is 11.3. The second-order valence-corrected chi connectivity index (χ2v) is 6.66. The summed E-state index contributed by atoms with van der Waals surface area (Å²) in [5, 5.41) is 3.68. The molecule has 3 rings (SSSR count). The smallest absolute Gasteiger partial charge is 0.150 e. The maximum atomic E-state index is 13.8. The molecule has 0 atom stereocenters. The lowest BCUT2D eigenvalue weighted by Crippen LogP contribution is -1.96. The molecule has 0 heterocycles. The number of anilines is 2. The number of hydrogen-bond acceptors (Lipinski definition) is 5. The molecule has 0 aliphatic rings. The first kappa shape index (κ1) is 21.8. The zero-order valence-corrected chi connectivity index (χ0v) is 17.0. The van der Waals surface area contributed by atoms with Crippen molar-refractivity contribution in [2.24, 2.45) is 0 Å². The van der Waals surface area contributed by atoms with Crippen LogP contribution in [0.2, 0.25) is 5.02 Å². The average molecular weight is 419 g/mol. The predicted molar refractivity (Wildman–Crippen MR) is 116 cm³/mol. The number of nitrogens with one attached hydrogen (secondary N) is 2. The van der Waals surface area contributed by atoms with Gasteiger partial charge < -0.3 is 14.2 Å². The standard InChI is InChI=1S/C14H15FN2OS.C7H5ClO/c1-16-14-9-10(7-8-13(14)17-19-18-2)11-5-3-4-6-12(11)15;8-7-3-1-2-6(4-7)5-9/h3-9,16-17H,1-2H3;1-5H. The molecule has 0 aliphatic heterocycles. The first-order valence-electron chi connectivity index (χ1n) is 8.32. The molecule has 3 aromatic carbocycles. The molecule has 0 spiro atoms. The summed E-state index contributed by atoms with van der Waals surface area (Å²) in [6.45, 7) is 0. The fourth-order valence-corrected chi connectivity index (χ4v) is 2.92. The van der Waals surface area contributed by atoms with Crippen LogP contribution < -0.4 is 10.0 Å². The molecule has 28 heavy (non-hydrogen) atoms. The Balaban J connectivity index is 0.000000261. The van der Waals surface area contributed by atoms with Gasteiger partial charge in [0.2, 0.25) is 0 Å². The van der Waals surface area contributed by atoms with Crippen molar-refractivity contribution in [3.05, 3.63) is 83.1 Å². The lowest BCUT2D eigenvalue weighted by atomic mass is 10.0. The molecule has 146 valence electrons. The Bertz CT molecular complexity index is 924. The van der Waals surface area contributed by atoms with E-state index in [9.17, 15) is 9.18 Å². The summed E-state index contributed by atoms with van der Waals surface area (Å²) in [7, 11) is 3.41. The molecule has 0 aromatic heterocycles. The Labute approximate surface area is 173 Å². The van der Waals surface area contributed by atoms with Gasteiger partial charge in [-0.1, -0.05) is 48.0 Å². The Morgan fingerprint density at radius 3 is 2.43 bits per heavy atom. The second-order valence-electron chi connectivity index (χ2n) is 5.52. The molecular formula is C21H20ClFN2O2S. The molecule has 0 radical (unpaired) electrons. The molecule has 0 unspecified atom stereocenters. The van der Waals surface area contributed by atoms with E-state index >= 15 is 0 Å². The maximum Gasteiger partial charge on any atom is 0.150 e. The van der Waals surface area contributed by atoms with E-state index in [4.69, 9.17) is 15.8 Å². The van der Waals surface area contributed by atoms with Crippen molar-refractivity contribution in [2.75, 3.05) is 24.2 Å². The van der Waals surface area contributed by atoms with Gasteiger partial charge in [-0.15, -0.1) is 0 Å². The largest absolute Gasteiger partial charge is 0.386 e. The number of benzene rings is 3. The molecular weight excluding hydrogens is 399 g/mol. The van der Waals surface area contributed by atoms with Gasteiger partial charge >= 0.3 is 0 Å². The highest BCUT2D eigenvalue weighted by Gasteiger charge is 2.07. The highest BCUT2D eigenvalue weighted by molar-refractivity contribution is 7.96. The van der Waals surface area contributed by atoms with Crippen LogP contribution in [0.3, 0.4) is 0 Å². The van der Waals surface area contributed by atoms with E-state index in [1.807, 2.05) is 31.3 Å². The van der Waals surface area contributed by atoms with Crippen molar-refractivity contribution in [2.45, 2.75) is 0 Å². The maximum absolute atomic E-state index is 13.8. The van der Waals surface area contributed by atoms with E-state index < -0.39 is 0 Å². The van der Waals surface area contributed by atoms with Crippen LogP contribution >= 0.6 is 23.8 Å². The summed E-state index contributed by atoms with van der Waals surface area (Å²) in [6.07, 6.45) is 0.770. The van der Waals surface area contributed by atoms with Crippen LogP contribution in [0, 0.1) is 5.82 Å². The van der Waals surface area contributed by atoms with Crippen molar-refractivity contribution in [3.8, 4) is 11.1 Å². The molecule has 4 nitrogen and oxygen atoms in total. The van der Waals surface area contributed by atoms with Crippen LogP contribution in [-0.2, 0) is 4.18 Å². The van der Waals surface area contributed by atoms with Crippen LogP contribution in [0.15, 0.2) is 66.7 Å². The Kier molecular flexibility index (Phi) is 8.81. The molecule has 0 amide bonds. The molecule has 0 fully saturated rings. The summed E-state index contributed by atoms with van der Waals surface area (Å²) >= 11 is 6.70. The zero-order chi connectivity index (χ0) is 20.4. The van der Waals surface area contributed by atoms with Crippen molar-refractivity contribution in [3.63, 3.8) is 0 Å². The van der Waals surface area contributed by atoms with Gasteiger partial charge in [0, 0.05) is 23.2 Å². The molecule has 2 N–H and O–H groups in total. The third-order valence-electron chi connectivity index (χ3n) is 3.69. The highest BCUT2D eigenvalue weighted by atomic mass is 35.5. The van der Waals surface area contributed by atoms with E-state index in [0.29, 0.717) is 16.1 Å². The van der Waals surface area contributed by atoms with Crippen LogP contribution in [0.4, 0.5) is 15.8 Å². The van der Waals surface area contributed by atoms with E-state index in [-0.39, 0.29) is 5.82 Å². The van der Waals surface area contributed by atoms with Crippen LogP contribution in [0.5, 0.6) is 0 Å². The number of halogens is 2. The number of hydrogen-bond donors (Lipinski definition) is 2. The summed E-state index contributed by atoms with van der Waals surface area (Å²) in [6, 6.07) is 19.2.